The summed E-state index contributed by atoms with van der Waals surface area (Å²) in [6.45, 7) is 1.17. The Balaban J connectivity index is 1.57. The molecule has 0 aliphatic carbocycles. The number of aromatic nitrogens is 2. The van der Waals surface area contributed by atoms with Gasteiger partial charge in [0.25, 0.3) is 0 Å². The van der Waals surface area contributed by atoms with Crippen molar-refractivity contribution >= 4 is 34.8 Å². The van der Waals surface area contributed by atoms with E-state index in [1.54, 1.807) is 7.11 Å². The first kappa shape index (κ1) is 19.1. The molecule has 0 saturated carbocycles. The maximum atomic E-state index is 5.97. The molecule has 0 amide bonds. The van der Waals surface area contributed by atoms with Crippen molar-refractivity contribution in [3.8, 4) is 11.5 Å². The number of nitrogens with zero attached hydrogens (tertiary/aromatic N) is 2. The van der Waals surface area contributed by atoms with Crippen LogP contribution in [0.2, 0.25) is 5.02 Å². The number of para-hydroxylation sites is 4. The Morgan fingerprint density at radius 3 is 2.41 bits per heavy atom. The first-order valence-corrected chi connectivity index (χ1v) is 9.77. The minimum atomic E-state index is 0.502. The van der Waals surface area contributed by atoms with E-state index in [0.29, 0.717) is 13.2 Å². The molecule has 0 bridgehead atoms. The second-order valence-electron chi connectivity index (χ2n) is 6.49. The quantitative estimate of drug-likeness (QED) is 0.382. The molecule has 4 aromatic rings. The second kappa shape index (κ2) is 8.84. The number of ether oxygens (including phenoxy) is 2. The number of rotatable bonds is 7. The average Bonchev–Trinajstić information content (AvgIpc) is 3.11. The van der Waals surface area contributed by atoms with Crippen molar-refractivity contribution in [3.63, 3.8) is 0 Å². The summed E-state index contributed by atoms with van der Waals surface area (Å²) in [7, 11) is 1.64. The van der Waals surface area contributed by atoms with E-state index in [9.17, 15) is 0 Å². The van der Waals surface area contributed by atoms with E-state index in [2.05, 4.69) is 10.6 Å². The standard InChI is InChI=1S/C24H21ClN2O2/c1-28-22-8-4-5-9-23(22)29-17-16-27-21-7-3-2-6-20(21)26-24(27)15-12-18-10-13-19(25)14-11-18/h2-15H,16-17H2,1H3/b15-12+. The van der Waals surface area contributed by atoms with Crippen LogP contribution in [0.15, 0.2) is 72.8 Å². The largest absolute Gasteiger partial charge is 0.493 e. The smallest absolute Gasteiger partial charge is 0.161 e. The maximum absolute atomic E-state index is 5.97. The van der Waals surface area contributed by atoms with E-state index in [1.165, 1.54) is 0 Å². The lowest BCUT2D eigenvalue weighted by Gasteiger charge is -2.12. The zero-order chi connectivity index (χ0) is 20.1. The van der Waals surface area contributed by atoms with Crippen molar-refractivity contribution in [2.75, 3.05) is 13.7 Å². The van der Waals surface area contributed by atoms with Crippen LogP contribution < -0.4 is 9.47 Å². The minimum absolute atomic E-state index is 0.502. The number of hydrogen-bond acceptors (Lipinski definition) is 3. The van der Waals surface area contributed by atoms with Crippen molar-refractivity contribution in [1.82, 2.24) is 9.55 Å². The second-order valence-corrected chi connectivity index (χ2v) is 6.93. The molecule has 0 atom stereocenters. The zero-order valence-corrected chi connectivity index (χ0v) is 16.8. The molecule has 1 aromatic heterocycles. The molecule has 4 nitrogen and oxygen atoms in total. The van der Waals surface area contributed by atoms with Crippen molar-refractivity contribution in [2.24, 2.45) is 0 Å². The maximum Gasteiger partial charge on any atom is 0.161 e. The number of fused-ring (bicyclic) bond motifs is 1. The van der Waals surface area contributed by atoms with Gasteiger partial charge in [-0.3, -0.25) is 0 Å². The van der Waals surface area contributed by atoms with Crippen LogP contribution >= 0.6 is 11.6 Å². The van der Waals surface area contributed by atoms with Gasteiger partial charge in [-0.2, -0.15) is 0 Å². The molecule has 0 unspecified atom stereocenters. The van der Waals surface area contributed by atoms with E-state index >= 15 is 0 Å². The van der Waals surface area contributed by atoms with Gasteiger partial charge in [-0.15, -0.1) is 0 Å². The molecule has 146 valence electrons. The van der Waals surface area contributed by atoms with Gasteiger partial charge in [0, 0.05) is 5.02 Å². The highest BCUT2D eigenvalue weighted by Crippen LogP contribution is 2.26. The minimum Gasteiger partial charge on any atom is -0.493 e. The molecule has 0 radical (unpaired) electrons. The van der Waals surface area contributed by atoms with Gasteiger partial charge in [0.15, 0.2) is 11.5 Å². The highest BCUT2D eigenvalue weighted by molar-refractivity contribution is 6.30. The van der Waals surface area contributed by atoms with Crippen LogP contribution in [0.4, 0.5) is 0 Å². The Kier molecular flexibility index (Phi) is 5.82. The Labute approximate surface area is 175 Å². The SMILES string of the molecule is COc1ccccc1OCCn1c(/C=C/c2ccc(Cl)cc2)nc2ccccc21. The Bertz CT molecular complexity index is 1130. The lowest BCUT2D eigenvalue weighted by molar-refractivity contribution is 0.281. The van der Waals surface area contributed by atoms with Gasteiger partial charge in [0.1, 0.15) is 12.4 Å². The summed E-state index contributed by atoms with van der Waals surface area (Å²) in [6.07, 6.45) is 4.06. The normalized spacial score (nSPS) is 11.2. The van der Waals surface area contributed by atoms with Crippen LogP contribution in [0, 0.1) is 0 Å². The highest BCUT2D eigenvalue weighted by atomic mass is 35.5. The fourth-order valence-electron chi connectivity index (χ4n) is 3.19. The van der Waals surface area contributed by atoms with Crippen LogP contribution in [-0.2, 0) is 6.54 Å². The molecule has 0 N–H and O–H groups in total. The molecule has 4 rings (SSSR count). The fraction of sp³-hybridized carbons (Fsp3) is 0.125. The molecule has 0 saturated heterocycles. The Morgan fingerprint density at radius 2 is 1.62 bits per heavy atom. The molecule has 5 heteroatoms. The van der Waals surface area contributed by atoms with Gasteiger partial charge in [-0.05, 0) is 48.0 Å². The lowest BCUT2D eigenvalue weighted by Crippen LogP contribution is -2.10. The van der Waals surface area contributed by atoms with Crippen molar-refractivity contribution < 1.29 is 9.47 Å². The number of methoxy groups -OCH3 is 1. The number of imidazole rings is 1. The van der Waals surface area contributed by atoms with Crippen LogP contribution in [0.25, 0.3) is 23.2 Å². The zero-order valence-electron chi connectivity index (χ0n) is 16.1. The summed E-state index contributed by atoms with van der Waals surface area (Å²) in [6, 6.07) is 23.5. The summed E-state index contributed by atoms with van der Waals surface area (Å²) in [5.41, 5.74) is 3.10. The molecule has 0 aliphatic heterocycles. The van der Waals surface area contributed by atoms with E-state index < -0.39 is 0 Å². The Hall–Kier alpha value is -3.24. The number of halogens is 1. The predicted molar refractivity (Wildman–Crippen MR) is 119 cm³/mol. The molecular weight excluding hydrogens is 384 g/mol. The molecule has 1 heterocycles. The predicted octanol–water partition coefficient (Wildman–Crippen LogP) is 5.95. The molecule has 0 spiro atoms. The van der Waals surface area contributed by atoms with E-state index in [4.69, 9.17) is 26.1 Å². The van der Waals surface area contributed by atoms with Crippen molar-refractivity contribution in [1.29, 1.82) is 0 Å². The summed E-state index contributed by atoms with van der Waals surface area (Å²) in [5, 5.41) is 0.725. The van der Waals surface area contributed by atoms with Gasteiger partial charge in [-0.1, -0.05) is 54.1 Å². The van der Waals surface area contributed by atoms with Gasteiger partial charge in [-0.25, -0.2) is 4.98 Å². The number of benzene rings is 3. The summed E-state index contributed by atoms with van der Waals surface area (Å²) in [5.74, 6) is 2.34. The third-order valence-electron chi connectivity index (χ3n) is 4.62. The average molecular weight is 405 g/mol. The molecule has 29 heavy (non-hydrogen) atoms. The van der Waals surface area contributed by atoms with Crippen molar-refractivity contribution in [3.05, 3.63) is 89.2 Å². The monoisotopic (exact) mass is 404 g/mol. The van der Waals surface area contributed by atoms with E-state index in [0.717, 1.165) is 38.9 Å². The third-order valence-corrected chi connectivity index (χ3v) is 4.87. The molecule has 0 fully saturated rings. The topological polar surface area (TPSA) is 36.3 Å². The summed E-state index contributed by atoms with van der Waals surface area (Å²) >= 11 is 5.97. The lowest BCUT2D eigenvalue weighted by atomic mass is 10.2. The van der Waals surface area contributed by atoms with Crippen LogP contribution in [0.1, 0.15) is 11.4 Å². The highest BCUT2D eigenvalue weighted by Gasteiger charge is 2.09. The van der Waals surface area contributed by atoms with Gasteiger partial charge < -0.3 is 14.0 Å². The van der Waals surface area contributed by atoms with Gasteiger partial charge in [0.05, 0.1) is 24.7 Å². The van der Waals surface area contributed by atoms with Crippen molar-refractivity contribution in [2.45, 2.75) is 6.54 Å². The van der Waals surface area contributed by atoms with Crippen LogP contribution in [0.3, 0.4) is 0 Å². The third kappa shape index (κ3) is 4.44. The fourth-order valence-corrected chi connectivity index (χ4v) is 3.31. The number of hydrogen-bond donors (Lipinski definition) is 0. The van der Waals surface area contributed by atoms with Gasteiger partial charge in [0.2, 0.25) is 0 Å². The molecule has 3 aromatic carbocycles. The Morgan fingerprint density at radius 1 is 0.897 bits per heavy atom. The summed E-state index contributed by atoms with van der Waals surface area (Å²) < 4.78 is 13.5. The molecule has 0 aliphatic rings. The van der Waals surface area contributed by atoms with Gasteiger partial charge >= 0.3 is 0 Å². The first-order valence-electron chi connectivity index (χ1n) is 9.39. The summed E-state index contributed by atoms with van der Waals surface area (Å²) in [4.78, 5) is 4.77. The van der Waals surface area contributed by atoms with E-state index in [1.807, 2.05) is 78.9 Å². The first-order chi connectivity index (χ1) is 14.2. The van der Waals surface area contributed by atoms with E-state index in [-0.39, 0.29) is 0 Å². The van der Waals surface area contributed by atoms with Crippen LogP contribution in [0.5, 0.6) is 11.5 Å². The van der Waals surface area contributed by atoms with Crippen LogP contribution in [-0.4, -0.2) is 23.3 Å². The molecular formula is C24H21ClN2O2.